The molecule has 0 aliphatic rings. The second-order valence-electron chi connectivity index (χ2n) is 3.78. The van der Waals surface area contributed by atoms with Gasteiger partial charge in [-0.3, -0.25) is 0 Å². The second-order valence-corrected chi connectivity index (χ2v) is 4.57. The number of hydrogen-bond donors (Lipinski definition) is 2. The van der Waals surface area contributed by atoms with Crippen LogP contribution in [0.15, 0.2) is 22.7 Å². The van der Waals surface area contributed by atoms with Crippen molar-refractivity contribution in [2.75, 3.05) is 13.1 Å². The predicted octanol–water partition coefficient (Wildman–Crippen LogP) is 2.49. The van der Waals surface area contributed by atoms with Crippen molar-refractivity contribution in [2.24, 2.45) is 0 Å². The summed E-state index contributed by atoms with van der Waals surface area (Å²) < 4.78 is 13.6. The molecule has 0 aromatic heterocycles. The van der Waals surface area contributed by atoms with Crippen LogP contribution in [0, 0.1) is 5.82 Å². The first kappa shape index (κ1) is 13.6. The highest BCUT2D eigenvalue weighted by molar-refractivity contribution is 9.10. The van der Waals surface area contributed by atoms with Gasteiger partial charge in [-0.1, -0.05) is 19.1 Å². The molecule has 0 heterocycles. The van der Waals surface area contributed by atoms with Crippen LogP contribution in [0.3, 0.4) is 0 Å². The molecule has 0 aliphatic heterocycles. The average Bonchev–Trinajstić information content (AvgIpc) is 2.25. The summed E-state index contributed by atoms with van der Waals surface area (Å²) in [5, 5.41) is 12.9. The zero-order valence-corrected chi connectivity index (χ0v) is 10.9. The van der Waals surface area contributed by atoms with Gasteiger partial charge in [0, 0.05) is 13.0 Å². The summed E-state index contributed by atoms with van der Waals surface area (Å²) in [4.78, 5) is 0. The zero-order chi connectivity index (χ0) is 12.0. The number of rotatable bonds is 6. The van der Waals surface area contributed by atoms with Crippen LogP contribution in [0.1, 0.15) is 18.9 Å². The number of aliphatic hydroxyl groups excluding tert-OH is 1. The lowest BCUT2D eigenvalue weighted by atomic mass is 10.1. The summed E-state index contributed by atoms with van der Waals surface area (Å²) >= 11 is 3.18. The Morgan fingerprint density at radius 2 is 2.25 bits per heavy atom. The molecule has 0 fully saturated rings. The molecule has 1 unspecified atom stereocenters. The maximum atomic E-state index is 13.2. The van der Waals surface area contributed by atoms with E-state index in [0.717, 1.165) is 18.5 Å². The Kier molecular flexibility index (Phi) is 5.95. The standard InChI is InChI=1S/C12H17BrFNO/c1-2-6-15-8-10(16)7-9-4-3-5-11(14)12(9)13/h3-5,10,15-16H,2,6-8H2,1H3. The van der Waals surface area contributed by atoms with Gasteiger partial charge in [-0.2, -0.15) is 0 Å². The smallest absolute Gasteiger partial charge is 0.137 e. The largest absolute Gasteiger partial charge is 0.391 e. The molecule has 16 heavy (non-hydrogen) atoms. The number of aliphatic hydroxyl groups is 1. The predicted molar refractivity (Wildman–Crippen MR) is 67.0 cm³/mol. The minimum absolute atomic E-state index is 0.286. The van der Waals surface area contributed by atoms with Gasteiger partial charge in [-0.05, 0) is 40.5 Å². The van der Waals surface area contributed by atoms with E-state index in [1.165, 1.54) is 6.07 Å². The first-order valence-electron chi connectivity index (χ1n) is 5.46. The first-order valence-corrected chi connectivity index (χ1v) is 6.26. The molecular weight excluding hydrogens is 273 g/mol. The van der Waals surface area contributed by atoms with E-state index in [1.807, 2.05) is 6.07 Å². The third-order valence-electron chi connectivity index (χ3n) is 2.29. The van der Waals surface area contributed by atoms with Gasteiger partial charge in [0.25, 0.3) is 0 Å². The normalized spacial score (nSPS) is 12.8. The lowest BCUT2D eigenvalue weighted by Crippen LogP contribution is -2.29. The second kappa shape index (κ2) is 6.99. The summed E-state index contributed by atoms with van der Waals surface area (Å²) in [5.74, 6) is -0.286. The molecule has 1 rings (SSSR count). The topological polar surface area (TPSA) is 32.3 Å². The van der Waals surface area contributed by atoms with Crippen molar-refractivity contribution in [3.05, 3.63) is 34.1 Å². The van der Waals surface area contributed by atoms with Gasteiger partial charge in [-0.25, -0.2) is 4.39 Å². The third-order valence-corrected chi connectivity index (χ3v) is 3.18. The van der Waals surface area contributed by atoms with E-state index in [1.54, 1.807) is 6.07 Å². The maximum absolute atomic E-state index is 13.2. The summed E-state index contributed by atoms with van der Waals surface area (Å²) in [6.07, 6.45) is 1.01. The first-order chi connectivity index (χ1) is 7.65. The van der Waals surface area contributed by atoms with E-state index in [2.05, 4.69) is 28.2 Å². The van der Waals surface area contributed by atoms with Crippen molar-refractivity contribution in [2.45, 2.75) is 25.9 Å². The van der Waals surface area contributed by atoms with E-state index in [9.17, 15) is 9.50 Å². The number of benzene rings is 1. The van der Waals surface area contributed by atoms with Crippen molar-refractivity contribution in [1.29, 1.82) is 0 Å². The van der Waals surface area contributed by atoms with Gasteiger partial charge < -0.3 is 10.4 Å². The van der Waals surface area contributed by atoms with Crippen LogP contribution in [0.25, 0.3) is 0 Å². The van der Waals surface area contributed by atoms with Gasteiger partial charge in [-0.15, -0.1) is 0 Å². The molecule has 0 saturated carbocycles. The minimum atomic E-state index is -0.482. The van der Waals surface area contributed by atoms with Crippen LogP contribution in [0.2, 0.25) is 0 Å². The van der Waals surface area contributed by atoms with E-state index >= 15 is 0 Å². The van der Waals surface area contributed by atoms with Crippen molar-refractivity contribution in [1.82, 2.24) is 5.32 Å². The molecule has 2 nitrogen and oxygen atoms in total. The Balaban J connectivity index is 2.49. The molecule has 0 amide bonds. The third kappa shape index (κ3) is 4.20. The molecule has 1 aromatic carbocycles. The molecule has 0 aliphatic carbocycles. The fourth-order valence-electron chi connectivity index (χ4n) is 1.48. The Labute approximate surface area is 104 Å². The Bertz CT molecular complexity index is 333. The zero-order valence-electron chi connectivity index (χ0n) is 9.34. The van der Waals surface area contributed by atoms with Crippen LogP contribution in [0.4, 0.5) is 4.39 Å². The van der Waals surface area contributed by atoms with Crippen molar-refractivity contribution < 1.29 is 9.50 Å². The number of halogens is 2. The van der Waals surface area contributed by atoms with Crippen LogP contribution in [0.5, 0.6) is 0 Å². The number of hydrogen-bond acceptors (Lipinski definition) is 2. The van der Waals surface area contributed by atoms with Crippen molar-refractivity contribution >= 4 is 15.9 Å². The molecule has 1 aromatic rings. The summed E-state index contributed by atoms with van der Waals surface area (Å²) in [7, 11) is 0. The molecule has 4 heteroatoms. The van der Waals surface area contributed by atoms with E-state index in [-0.39, 0.29) is 5.82 Å². The summed E-state index contributed by atoms with van der Waals surface area (Å²) in [6.45, 7) is 3.50. The molecule has 0 saturated heterocycles. The SMILES string of the molecule is CCCNCC(O)Cc1cccc(F)c1Br. The monoisotopic (exact) mass is 289 g/mol. The summed E-state index contributed by atoms with van der Waals surface area (Å²) in [5.41, 5.74) is 0.797. The fourth-order valence-corrected chi connectivity index (χ4v) is 1.90. The molecular formula is C12H17BrFNO. The maximum Gasteiger partial charge on any atom is 0.137 e. The quantitative estimate of drug-likeness (QED) is 0.789. The van der Waals surface area contributed by atoms with Gasteiger partial charge in [0.15, 0.2) is 0 Å². The van der Waals surface area contributed by atoms with Gasteiger partial charge in [0.05, 0.1) is 10.6 Å². The molecule has 0 spiro atoms. The lowest BCUT2D eigenvalue weighted by Gasteiger charge is -2.12. The Morgan fingerprint density at radius 1 is 1.50 bits per heavy atom. The molecule has 0 radical (unpaired) electrons. The van der Waals surface area contributed by atoms with E-state index in [4.69, 9.17) is 0 Å². The van der Waals surface area contributed by atoms with E-state index < -0.39 is 6.10 Å². The highest BCUT2D eigenvalue weighted by Crippen LogP contribution is 2.21. The van der Waals surface area contributed by atoms with Gasteiger partial charge >= 0.3 is 0 Å². The molecule has 2 N–H and O–H groups in total. The number of nitrogens with one attached hydrogen (secondary N) is 1. The Hall–Kier alpha value is -0.450. The van der Waals surface area contributed by atoms with Gasteiger partial charge in [0.2, 0.25) is 0 Å². The summed E-state index contributed by atoms with van der Waals surface area (Å²) in [6, 6.07) is 4.87. The van der Waals surface area contributed by atoms with Crippen LogP contribution in [-0.2, 0) is 6.42 Å². The van der Waals surface area contributed by atoms with Crippen LogP contribution in [-0.4, -0.2) is 24.3 Å². The van der Waals surface area contributed by atoms with Gasteiger partial charge in [0.1, 0.15) is 5.82 Å². The van der Waals surface area contributed by atoms with E-state index in [0.29, 0.717) is 17.4 Å². The Morgan fingerprint density at radius 3 is 2.94 bits per heavy atom. The fraction of sp³-hybridized carbons (Fsp3) is 0.500. The molecule has 1 atom stereocenters. The van der Waals surface area contributed by atoms with Crippen molar-refractivity contribution in [3.8, 4) is 0 Å². The lowest BCUT2D eigenvalue weighted by molar-refractivity contribution is 0.172. The molecule has 0 bridgehead atoms. The average molecular weight is 290 g/mol. The highest BCUT2D eigenvalue weighted by Gasteiger charge is 2.10. The van der Waals surface area contributed by atoms with Crippen LogP contribution >= 0.6 is 15.9 Å². The minimum Gasteiger partial charge on any atom is -0.391 e. The molecule has 90 valence electrons. The van der Waals surface area contributed by atoms with Crippen molar-refractivity contribution in [3.63, 3.8) is 0 Å². The highest BCUT2D eigenvalue weighted by atomic mass is 79.9. The van der Waals surface area contributed by atoms with Crippen LogP contribution < -0.4 is 5.32 Å².